The maximum Gasteiger partial charge on any atom is 0.273 e. The van der Waals surface area contributed by atoms with Gasteiger partial charge in [0, 0.05) is 21.9 Å². The van der Waals surface area contributed by atoms with Gasteiger partial charge in [0.2, 0.25) is 0 Å². The molecule has 0 radical (unpaired) electrons. The molecule has 6 heteroatoms. The van der Waals surface area contributed by atoms with Crippen LogP contribution in [0.15, 0.2) is 29.6 Å². The van der Waals surface area contributed by atoms with Crippen molar-refractivity contribution in [1.29, 1.82) is 0 Å². The molecule has 0 aliphatic rings. The third-order valence-electron chi connectivity index (χ3n) is 2.72. The van der Waals surface area contributed by atoms with E-state index < -0.39 is 4.92 Å². The van der Waals surface area contributed by atoms with Crippen LogP contribution in [0.3, 0.4) is 0 Å². The maximum atomic E-state index is 10.8. The fraction of sp³-hybridized carbons (Fsp3) is 0.200. The summed E-state index contributed by atoms with van der Waals surface area (Å²) >= 11 is 1.49. The number of aryl methyl sites for hydroxylation is 1. The molecule has 2 rings (SSSR count). The SMILES string of the molecule is Cc1ccc([N+](=O)[O-])cc1OCc1cc(C#CCO)cs1. The van der Waals surface area contributed by atoms with Crippen molar-refractivity contribution in [2.75, 3.05) is 6.61 Å². The number of benzene rings is 1. The van der Waals surface area contributed by atoms with Crippen LogP contribution < -0.4 is 4.74 Å². The van der Waals surface area contributed by atoms with Crippen LogP contribution in [0, 0.1) is 28.9 Å². The summed E-state index contributed by atoms with van der Waals surface area (Å²) in [6.45, 7) is 1.99. The van der Waals surface area contributed by atoms with Crippen molar-refractivity contribution < 1.29 is 14.8 Å². The quantitative estimate of drug-likeness (QED) is 0.535. The number of hydrogen-bond donors (Lipinski definition) is 1. The Labute approximate surface area is 126 Å². The first-order valence-corrected chi connectivity index (χ1v) is 7.03. The van der Waals surface area contributed by atoms with Crippen LogP contribution in [0.2, 0.25) is 0 Å². The molecule has 0 saturated heterocycles. The summed E-state index contributed by atoms with van der Waals surface area (Å²) in [6.07, 6.45) is 0. The zero-order valence-electron chi connectivity index (χ0n) is 11.3. The maximum absolute atomic E-state index is 10.8. The Kier molecular flexibility index (Phi) is 4.93. The minimum absolute atomic E-state index is 0.0104. The number of non-ortho nitro benzene ring substituents is 1. The van der Waals surface area contributed by atoms with Crippen LogP contribution in [0.5, 0.6) is 5.75 Å². The van der Waals surface area contributed by atoms with Gasteiger partial charge in [0.15, 0.2) is 0 Å². The molecule has 0 spiro atoms. The molecule has 2 aromatic rings. The predicted octanol–water partition coefficient (Wildman–Crippen LogP) is 2.89. The minimum atomic E-state index is -0.444. The van der Waals surface area contributed by atoms with Gasteiger partial charge in [0.25, 0.3) is 5.69 Å². The number of aliphatic hydroxyl groups is 1. The summed E-state index contributed by atoms with van der Waals surface area (Å²) in [7, 11) is 0. The second-order valence-corrected chi connectivity index (χ2v) is 5.25. The summed E-state index contributed by atoms with van der Waals surface area (Å²) in [4.78, 5) is 11.3. The molecule has 21 heavy (non-hydrogen) atoms. The van der Waals surface area contributed by atoms with E-state index in [1.807, 2.05) is 18.4 Å². The standard InChI is InChI=1S/C15H13NO4S/c1-11-4-5-13(16(18)19)8-15(11)20-9-14-7-12(10-21-14)3-2-6-17/h4-5,7-8,10,17H,6,9H2,1H3. The molecular formula is C15H13NO4S. The first-order valence-electron chi connectivity index (χ1n) is 6.15. The van der Waals surface area contributed by atoms with Gasteiger partial charge in [-0.3, -0.25) is 10.1 Å². The third kappa shape index (κ3) is 4.05. The molecule has 0 bridgehead atoms. The number of rotatable bonds is 4. The summed E-state index contributed by atoms with van der Waals surface area (Å²) in [5.41, 5.74) is 1.68. The Morgan fingerprint density at radius 1 is 1.43 bits per heavy atom. The molecule has 1 N–H and O–H groups in total. The van der Waals surface area contributed by atoms with Gasteiger partial charge in [-0.25, -0.2) is 0 Å². The van der Waals surface area contributed by atoms with Crippen molar-refractivity contribution in [3.8, 4) is 17.6 Å². The molecule has 1 aromatic carbocycles. The molecule has 5 nitrogen and oxygen atoms in total. The summed E-state index contributed by atoms with van der Waals surface area (Å²) in [6, 6.07) is 6.42. The number of nitro benzene ring substituents is 1. The van der Waals surface area contributed by atoms with E-state index in [2.05, 4.69) is 11.8 Å². The lowest BCUT2D eigenvalue weighted by molar-refractivity contribution is -0.385. The Morgan fingerprint density at radius 3 is 2.95 bits per heavy atom. The minimum Gasteiger partial charge on any atom is -0.488 e. The van der Waals surface area contributed by atoms with Crippen molar-refractivity contribution in [3.63, 3.8) is 0 Å². The predicted molar refractivity (Wildman–Crippen MR) is 80.4 cm³/mol. The van der Waals surface area contributed by atoms with Crippen LogP contribution in [0.4, 0.5) is 5.69 Å². The lowest BCUT2D eigenvalue weighted by atomic mass is 10.2. The molecule has 0 atom stereocenters. The Hall–Kier alpha value is -2.36. The Balaban J connectivity index is 2.07. The van der Waals surface area contributed by atoms with Crippen molar-refractivity contribution in [2.24, 2.45) is 0 Å². The first-order chi connectivity index (χ1) is 10.1. The van der Waals surface area contributed by atoms with Crippen LogP contribution in [-0.4, -0.2) is 16.6 Å². The molecule has 108 valence electrons. The van der Waals surface area contributed by atoms with Crippen LogP contribution in [0.1, 0.15) is 16.0 Å². The van der Waals surface area contributed by atoms with Crippen LogP contribution >= 0.6 is 11.3 Å². The molecule has 0 aliphatic heterocycles. The van der Waals surface area contributed by atoms with Gasteiger partial charge in [0.05, 0.1) is 11.0 Å². The molecule has 0 aliphatic carbocycles. The molecule has 0 amide bonds. The van der Waals surface area contributed by atoms with Crippen LogP contribution in [-0.2, 0) is 6.61 Å². The number of ether oxygens (including phenoxy) is 1. The van der Waals surface area contributed by atoms with Gasteiger partial charge >= 0.3 is 0 Å². The van der Waals surface area contributed by atoms with E-state index >= 15 is 0 Å². The molecule has 0 saturated carbocycles. The monoisotopic (exact) mass is 303 g/mol. The summed E-state index contributed by atoms with van der Waals surface area (Å²) in [5, 5.41) is 21.3. The van der Waals surface area contributed by atoms with Gasteiger partial charge in [-0.2, -0.15) is 0 Å². The third-order valence-corrected chi connectivity index (χ3v) is 3.63. The fourth-order valence-corrected chi connectivity index (χ4v) is 2.40. The molecule has 1 heterocycles. The topological polar surface area (TPSA) is 72.6 Å². The van der Waals surface area contributed by atoms with Gasteiger partial charge in [-0.05, 0) is 24.6 Å². The molecule has 1 aromatic heterocycles. The Morgan fingerprint density at radius 2 is 2.24 bits per heavy atom. The zero-order valence-corrected chi connectivity index (χ0v) is 12.1. The van der Waals surface area contributed by atoms with Crippen LogP contribution in [0.25, 0.3) is 0 Å². The van der Waals surface area contributed by atoms with E-state index in [1.54, 1.807) is 6.07 Å². The van der Waals surface area contributed by atoms with Crippen molar-refractivity contribution >= 4 is 17.0 Å². The number of nitrogens with zero attached hydrogens (tertiary/aromatic N) is 1. The van der Waals surface area contributed by atoms with Crippen molar-refractivity contribution in [2.45, 2.75) is 13.5 Å². The van der Waals surface area contributed by atoms with Gasteiger partial charge in [-0.15, -0.1) is 11.3 Å². The van der Waals surface area contributed by atoms with E-state index in [4.69, 9.17) is 9.84 Å². The second kappa shape index (κ2) is 6.88. The highest BCUT2D eigenvalue weighted by molar-refractivity contribution is 7.10. The van der Waals surface area contributed by atoms with E-state index in [0.29, 0.717) is 12.4 Å². The largest absolute Gasteiger partial charge is 0.488 e. The Bertz CT molecular complexity index is 712. The fourth-order valence-electron chi connectivity index (χ4n) is 1.67. The van der Waals surface area contributed by atoms with E-state index in [0.717, 1.165) is 16.0 Å². The van der Waals surface area contributed by atoms with Crippen molar-refractivity contribution in [1.82, 2.24) is 0 Å². The number of nitro groups is 1. The highest BCUT2D eigenvalue weighted by Crippen LogP contribution is 2.25. The summed E-state index contributed by atoms with van der Waals surface area (Å²) < 4.78 is 5.64. The van der Waals surface area contributed by atoms with Gasteiger partial charge < -0.3 is 9.84 Å². The normalized spacial score (nSPS) is 9.81. The molecule has 0 unspecified atom stereocenters. The van der Waals surface area contributed by atoms with E-state index in [1.165, 1.54) is 23.5 Å². The molecular weight excluding hydrogens is 290 g/mol. The second-order valence-electron chi connectivity index (χ2n) is 4.26. The highest BCUT2D eigenvalue weighted by atomic mass is 32.1. The van der Waals surface area contributed by atoms with E-state index in [9.17, 15) is 10.1 Å². The van der Waals surface area contributed by atoms with E-state index in [-0.39, 0.29) is 12.3 Å². The average Bonchev–Trinajstić information content (AvgIpc) is 2.92. The average molecular weight is 303 g/mol. The van der Waals surface area contributed by atoms with Gasteiger partial charge in [0.1, 0.15) is 19.0 Å². The zero-order chi connectivity index (χ0) is 15.2. The summed E-state index contributed by atoms with van der Waals surface area (Å²) in [5.74, 6) is 5.89. The first kappa shape index (κ1) is 15.0. The number of thiophene rings is 1. The lowest BCUT2D eigenvalue weighted by Crippen LogP contribution is -1.96. The highest BCUT2D eigenvalue weighted by Gasteiger charge is 2.10. The lowest BCUT2D eigenvalue weighted by Gasteiger charge is -2.07. The smallest absolute Gasteiger partial charge is 0.273 e. The number of hydrogen-bond acceptors (Lipinski definition) is 5. The number of aliphatic hydroxyl groups excluding tert-OH is 1. The molecule has 0 fully saturated rings. The van der Waals surface area contributed by atoms with Crippen molar-refractivity contribution in [3.05, 3.63) is 55.8 Å². The van der Waals surface area contributed by atoms with Gasteiger partial charge in [-0.1, -0.05) is 11.8 Å².